The van der Waals surface area contributed by atoms with Gasteiger partial charge in [-0.3, -0.25) is 4.90 Å². The first kappa shape index (κ1) is 39.7. The smallest absolute Gasteiger partial charge is 0.142 e. The van der Waals surface area contributed by atoms with Crippen molar-refractivity contribution in [2.24, 2.45) is 0 Å². The Morgan fingerprint density at radius 1 is 0.448 bits per heavy atom. The normalized spacial score (nSPS) is 11.6. The van der Waals surface area contributed by atoms with Gasteiger partial charge in [-0.25, -0.2) is 0 Å². The Hall–Kier alpha value is -6.54. The van der Waals surface area contributed by atoms with Gasteiger partial charge in [0.25, 0.3) is 0 Å². The molecule has 0 aromatic heterocycles. The Balaban J connectivity index is 1.06. The zero-order chi connectivity index (χ0) is 39.8. The zero-order valence-corrected chi connectivity index (χ0v) is 32.6. The van der Waals surface area contributed by atoms with Crippen molar-refractivity contribution in [3.8, 4) is 23.0 Å². The molecule has 0 aliphatic rings. The van der Waals surface area contributed by atoms with Crippen LogP contribution in [0.5, 0.6) is 23.0 Å². The lowest BCUT2D eigenvalue weighted by Crippen LogP contribution is -2.38. The summed E-state index contributed by atoms with van der Waals surface area (Å²) in [6.07, 6.45) is -0.776. The van der Waals surface area contributed by atoms with Gasteiger partial charge in [-0.2, -0.15) is 0 Å². The molecule has 0 aliphatic heterocycles. The molecule has 0 amide bonds. The molecule has 0 aliphatic carbocycles. The van der Waals surface area contributed by atoms with Gasteiger partial charge in [-0.05, 0) is 69.8 Å². The van der Waals surface area contributed by atoms with Gasteiger partial charge in [-0.1, -0.05) is 146 Å². The first-order valence-corrected chi connectivity index (χ1v) is 19.7. The molecule has 7 aromatic rings. The van der Waals surface area contributed by atoms with Gasteiger partial charge in [0.1, 0.15) is 55.5 Å². The number of nitrogens with zero attached hydrogens (tertiary/aromatic N) is 1. The number of ether oxygens (including phenoxy) is 4. The molecule has 7 rings (SSSR count). The molecule has 0 bridgehead atoms. The van der Waals surface area contributed by atoms with E-state index in [1.54, 1.807) is 6.07 Å². The van der Waals surface area contributed by atoms with E-state index in [0.717, 1.165) is 44.9 Å². The van der Waals surface area contributed by atoms with Gasteiger partial charge in [0.05, 0.1) is 5.69 Å². The van der Waals surface area contributed by atoms with Gasteiger partial charge in [-0.15, -0.1) is 0 Å². The summed E-state index contributed by atoms with van der Waals surface area (Å²) in [6, 6.07) is 62.7. The molecule has 0 saturated carbocycles. The van der Waals surface area contributed by atoms with Crippen LogP contribution < -0.4 is 24.7 Å². The van der Waals surface area contributed by atoms with Crippen molar-refractivity contribution in [2.45, 2.75) is 38.4 Å². The average Bonchev–Trinajstić information content (AvgIpc) is 3.27. The van der Waals surface area contributed by atoms with Crippen LogP contribution in [0, 0.1) is 0 Å². The van der Waals surface area contributed by atoms with Gasteiger partial charge in [0.2, 0.25) is 0 Å². The lowest BCUT2D eigenvalue weighted by molar-refractivity contribution is 0.0644. The SMILES string of the molecule is Nc1cc(OC[C@@H](O)CN(Cc2ccccc2)CC(c2ccc(OCc3ccccc3)cc2)c2ccc(OCc3ccccc3)cc2)ccc1OCc1ccccc1. The molecule has 0 fully saturated rings. The van der Waals surface area contributed by atoms with E-state index in [1.165, 1.54) is 0 Å². The monoisotopic (exact) mass is 770 g/mol. The summed E-state index contributed by atoms with van der Waals surface area (Å²) in [7, 11) is 0. The van der Waals surface area contributed by atoms with E-state index in [-0.39, 0.29) is 12.5 Å². The van der Waals surface area contributed by atoms with Crippen LogP contribution in [-0.4, -0.2) is 35.8 Å². The van der Waals surface area contributed by atoms with E-state index >= 15 is 0 Å². The predicted molar refractivity (Wildman–Crippen MR) is 231 cm³/mol. The molecule has 0 saturated heterocycles. The van der Waals surface area contributed by atoms with E-state index in [4.69, 9.17) is 24.7 Å². The Morgan fingerprint density at radius 3 is 1.34 bits per heavy atom. The van der Waals surface area contributed by atoms with Crippen molar-refractivity contribution in [3.63, 3.8) is 0 Å². The molecule has 294 valence electrons. The maximum atomic E-state index is 11.5. The highest BCUT2D eigenvalue weighted by atomic mass is 16.5. The minimum atomic E-state index is -0.776. The summed E-state index contributed by atoms with van der Waals surface area (Å²) in [6.45, 7) is 3.18. The van der Waals surface area contributed by atoms with E-state index in [9.17, 15) is 5.11 Å². The highest BCUT2D eigenvalue weighted by Crippen LogP contribution is 2.31. The molecule has 0 radical (unpaired) electrons. The number of anilines is 1. The summed E-state index contributed by atoms with van der Waals surface area (Å²) in [5.41, 5.74) is 13.5. The van der Waals surface area contributed by atoms with Crippen molar-refractivity contribution in [1.82, 2.24) is 4.90 Å². The third-order valence-electron chi connectivity index (χ3n) is 9.88. The molecule has 0 unspecified atom stereocenters. The van der Waals surface area contributed by atoms with Gasteiger partial charge < -0.3 is 29.8 Å². The number of rotatable bonds is 20. The number of benzene rings is 7. The third kappa shape index (κ3) is 12.0. The van der Waals surface area contributed by atoms with E-state index < -0.39 is 6.10 Å². The van der Waals surface area contributed by atoms with Crippen LogP contribution >= 0.6 is 0 Å². The van der Waals surface area contributed by atoms with Gasteiger partial charge in [0.15, 0.2) is 0 Å². The number of aliphatic hydroxyl groups is 1. The Labute approximate surface area is 341 Å². The number of hydrogen-bond acceptors (Lipinski definition) is 7. The Kier molecular flexibility index (Phi) is 14.1. The summed E-state index contributed by atoms with van der Waals surface area (Å²) < 4.78 is 24.3. The Morgan fingerprint density at radius 2 is 0.879 bits per heavy atom. The highest BCUT2D eigenvalue weighted by molar-refractivity contribution is 5.56. The van der Waals surface area contributed by atoms with Gasteiger partial charge in [0, 0.05) is 31.6 Å². The lowest BCUT2D eigenvalue weighted by Gasteiger charge is -2.30. The summed E-state index contributed by atoms with van der Waals surface area (Å²) in [4.78, 5) is 2.29. The van der Waals surface area contributed by atoms with E-state index in [0.29, 0.717) is 56.6 Å². The minimum Gasteiger partial charge on any atom is -0.491 e. The largest absolute Gasteiger partial charge is 0.491 e. The Bertz CT molecular complexity index is 2150. The molecular weight excluding hydrogens is 721 g/mol. The second kappa shape index (κ2) is 20.6. The molecule has 0 spiro atoms. The van der Waals surface area contributed by atoms with Gasteiger partial charge >= 0.3 is 0 Å². The summed E-state index contributed by atoms with van der Waals surface area (Å²) in [5.74, 6) is 2.75. The standard InChI is InChI=1S/C51H50N2O5/c52-50-31-48(29-30-51(50)58-37-42-19-11-4-12-20-42)57-38-45(54)33-53(32-39-13-5-1-6-14-39)34-49(43-21-25-46(26-22-43)55-35-40-15-7-2-8-16-40)44-23-27-47(28-24-44)56-36-41-17-9-3-10-18-41/h1-31,45,49,54H,32-38,52H2/t45-/m0/s1. The second-order valence-corrected chi connectivity index (χ2v) is 14.4. The quantitative estimate of drug-likeness (QED) is 0.0747. The molecule has 7 heteroatoms. The molecule has 0 heterocycles. The van der Waals surface area contributed by atoms with E-state index in [2.05, 4.69) is 65.6 Å². The van der Waals surface area contributed by atoms with Crippen molar-refractivity contribution in [3.05, 3.63) is 221 Å². The number of aliphatic hydroxyl groups excluding tert-OH is 1. The molecule has 58 heavy (non-hydrogen) atoms. The number of hydrogen-bond donors (Lipinski definition) is 2. The molecule has 1 atom stereocenters. The van der Waals surface area contributed by atoms with Crippen molar-refractivity contribution < 1.29 is 24.1 Å². The maximum absolute atomic E-state index is 11.5. The van der Waals surface area contributed by atoms with E-state index in [1.807, 2.05) is 121 Å². The maximum Gasteiger partial charge on any atom is 0.142 e. The first-order chi connectivity index (χ1) is 28.5. The zero-order valence-electron chi connectivity index (χ0n) is 32.6. The van der Waals surface area contributed by atoms with Crippen LogP contribution in [0.3, 0.4) is 0 Å². The number of nitrogens with two attached hydrogens (primary N) is 1. The van der Waals surface area contributed by atoms with Crippen molar-refractivity contribution >= 4 is 5.69 Å². The highest BCUT2D eigenvalue weighted by Gasteiger charge is 2.22. The summed E-state index contributed by atoms with van der Waals surface area (Å²) >= 11 is 0. The fraction of sp³-hybridized carbons (Fsp3) is 0.176. The average molecular weight is 771 g/mol. The van der Waals surface area contributed by atoms with Crippen molar-refractivity contribution in [2.75, 3.05) is 25.4 Å². The van der Waals surface area contributed by atoms with Crippen LogP contribution in [0.25, 0.3) is 0 Å². The first-order valence-electron chi connectivity index (χ1n) is 19.7. The van der Waals surface area contributed by atoms with Crippen molar-refractivity contribution in [1.29, 1.82) is 0 Å². The van der Waals surface area contributed by atoms with Crippen LogP contribution in [0.2, 0.25) is 0 Å². The second-order valence-electron chi connectivity index (χ2n) is 14.4. The molecule has 3 N–H and O–H groups in total. The summed E-state index contributed by atoms with van der Waals surface area (Å²) in [5, 5.41) is 11.5. The van der Waals surface area contributed by atoms with Crippen LogP contribution in [-0.2, 0) is 26.4 Å². The molecular formula is C51H50N2O5. The third-order valence-corrected chi connectivity index (χ3v) is 9.88. The predicted octanol–water partition coefficient (Wildman–Crippen LogP) is 10.1. The fourth-order valence-corrected chi connectivity index (χ4v) is 6.81. The van der Waals surface area contributed by atoms with Crippen LogP contribution in [0.1, 0.15) is 39.3 Å². The fourth-order valence-electron chi connectivity index (χ4n) is 6.81. The molecule has 7 aromatic carbocycles. The van der Waals surface area contributed by atoms with Crippen LogP contribution in [0.15, 0.2) is 188 Å². The number of nitrogen functional groups attached to an aromatic ring is 1. The van der Waals surface area contributed by atoms with Crippen LogP contribution in [0.4, 0.5) is 5.69 Å². The lowest BCUT2D eigenvalue weighted by atomic mass is 9.90. The topological polar surface area (TPSA) is 86.4 Å². The minimum absolute atomic E-state index is 0.0218. The molecule has 7 nitrogen and oxygen atoms in total.